The predicted octanol–water partition coefficient (Wildman–Crippen LogP) is 9.17. The first-order chi connectivity index (χ1) is 18.1. The Balaban J connectivity index is 1.34. The van der Waals surface area contributed by atoms with E-state index in [4.69, 9.17) is 14.2 Å². The largest absolute Gasteiger partial charge is 0.494 e. The first kappa shape index (κ1) is 29.2. The highest BCUT2D eigenvalue weighted by Gasteiger charge is 2.45. The van der Waals surface area contributed by atoms with Crippen molar-refractivity contribution in [3.63, 3.8) is 0 Å². The van der Waals surface area contributed by atoms with Gasteiger partial charge in [0.25, 0.3) is 0 Å². The number of hydrogen-bond donors (Lipinski definition) is 0. The highest BCUT2D eigenvalue weighted by Crippen LogP contribution is 2.39. The van der Waals surface area contributed by atoms with E-state index in [0.717, 1.165) is 25.0 Å². The SMILES string of the molecule is CCCCCCCCCCOc1ccc(OC(=O)c2ccc([C@H](F)[C@@H]3OC3CCCCCC)cc2)cc1. The molecule has 3 atom stereocenters. The van der Waals surface area contributed by atoms with Crippen LogP contribution in [0.1, 0.15) is 119 Å². The molecule has 1 fully saturated rings. The second-order valence-electron chi connectivity index (χ2n) is 10.2. The first-order valence-electron chi connectivity index (χ1n) is 14.5. The van der Waals surface area contributed by atoms with E-state index in [1.165, 1.54) is 64.2 Å². The third-order valence-electron chi connectivity index (χ3n) is 7.02. The van der Waals surface area contributed by atoms with E-state index in [-0.39, 0.29) is 12.2 Å². The van der Waals surface area contributed by atoms with Crippen molar-refractivity contribution in [1.82, 2.24) is 0 Å². The van der Waals surface area contributed by atoms with Crippen molar-refractivity contribution in [2.75, 3.05) is 6.61 Å². The summed E-state index contributed by atoms with van der Waals surface area (Å²) in [5.74, 6) is 0.757. The van der Waals surface area contributed by atoms with Gasteiger partial charge in [-0.3, -0.25) is 0 Å². The minimum Gasteiger partial charge on any atom is -0.494 e. The Morgan fingerprint density at radius 1 is 0.784 bits per heavy atom. The summed E-state index contributed by atoms with van der Waals surface area (Å²) in [4.78, 5) is 12.5. The normalized spacial score (nSPS) is 17.4. The number of alkyl halides is 1. The van der Waals surface area contributed by atoms with Gasteiger partial charge in [-0.15, -0.1) is 0 Å². The summed E-state index contributed by atoms with van der Waals surface area (Å²) in [5.41, 5.74) is 0.925. The lowest BCUT2D eigenvalue weighted by atomic mass is 10.0. The molecule has 37 heavy (non-hydrogen) atoms. The van der Waals surface area contributed by atoms with E-state index in [1.54, 1.807) is 36.4 Å². The Kier molecular flexibility index (Phi) is 13.0. The Labute approximate surface area is 222 Å². The number of epoxide rings is 1. The molecule has 1 aliphatic heterocycles. The molecule has 5 heteroatoms. The van der Waals surface area contributed by atoms with Crippen molar-refractivity contribution in [1.29, 1.82) is 0 Å². The zero-order chi connectivity index (χ0) is 26.3. The van der Waals surface area contributed by atoms with Crippen molar-refractivity contribution in [3.05, 3.63) is 59.7 Å². The van der Waals surface area contributed by atoms with E-state index >= 15 is 0 Å². The van der Waals surface area contributed by atoms with Crippen molar-refractivity contribution in [2.45, 2.75) is 116 Å². The lowest BCUT2D eigenvalue weighted by Gasteiger charge is -2.09. The minimum absolute atomic E-state index is 0.0174. The lowest BCUT2D eigenvalue weighted by Crippen LogP contribution is -2.09. The molecule has 204 valence electrons. The van der Waals surface area contributed by atoms with E-state index in [0.29, 0.717) is 23.5 Å². The Morgan fingerprint density at radius 3 is 2.00 bits per heavy atom. The van der Waals surface area contributed by atoms with Crippen LogP contribution in [0.2, 0.25) is 0 Å². The summed E-state index contributed by atoms with van der Waals surface area (Å²) in [6, 6.07) is 13.6. The van der Waals surface area contributed by atoms with Crippen LogP contribution in [0, 0.1) is 0 Å². The molecule has 0 radical (unpaired) electrons. The van der Waals surface area contributed by atoms with Crippen LogP contribution in [0.25, 0.3) is 0 Å². The number of esters is 1. The van der Waals surface area contributed by atoms with Gasteiger partial charge in [0, 0.05) is 0 Å². The molecule has 1 aliphatic rings. The van der Waals surface area contributed by atoms with Gasteiger partial charge in [0.05, 0.1) is 18.3 Å². The van der Waals surface area contributed by atoms with Crippen LogP contribution in [0.5, 0.6) is 11.5 Å². The van der Waals surface area contributed by atoms with Crippen LogP contribution in [0.4, 0.5) is 4.39 Å². The quantitative estimate of drug-likeness (QED) is 0.0815. The standard InChI is InChI=1S/C32H45FO4/c1-3-5-7-9-10-11-12-14-24-35-27-20-22-28(23-21-27)36-32(34)26-18-16-25(17-19-26)30(33)31-29(37-31)15-13-8-6-4-2/h16-23,29-31H,3-15,24H2,1-2H3/t29?,30-,31+/m0/s1. The summed E-state index contributed by atoms with van der Waals surface area (Å²) in [7, 11) is 0. The summed E-state index contributed by atoms with van der Waals surface area (Å²) in [6.45, 7) is 5.12. The molecule has 0 saturated carbocycles. The molecule has 0 N–H and O–H groups in total. The smallest absolute Gasteiger partial charge is 0.343 e. The molecule has 0 aliphatic carbocycles. The number of ether oxygens (including phenoxy) is 3. The van der Waals surface area contributed by atoms with Crippen molar-refractivity contribution < 1.29 is 23.4 Å². The fraction of sp³-hybridized carbons (Fsp3) is 0.594. The molecule has 1 heterocycles. The van der Waals surface area contributed by atoms with Crippen LogP contribution < -0.4 is 9.47 Å². The summed E-state index contributed by atoms with van der Waals surface area (Å²) < 4.78 is 31.7. The fourth-order valence-corrected chi connectivity index (χ4v) is 4.61. The third kappa shape index (κ3) is 10.5. The molecular weight excluding hydrogens is 467 g/mol. The van der Waals surface area contributed by atoms with E-state index in [9.17, 15) is 9.18 Å². The number of benzene rings is 2. The highest BCUT2D eigenvalue weighted by atomic mass is 19.1. The molecule has 1 saturated heterocycles. The maximum absolute atomic E-state index is 14.8. The second-order valence-corrected chi connectivity index (χ2v) is 10.2. The Hall–Kier alpha value is -2.40. The molecule has 1 unspecified atom stereocenters. The average Bonchev–Trinajstić information content (AvgIpc) is 3.70. The van der Waals surface area contributed by atoms with Gasteiger partial charge in [-0.05, 0) is 54.8 Å². The van der Waals surface area contributed by atoms with Crippen LogP contribution in [-0.4, -0.2) is 24.8 Å². The van der Waals surface area contributed by atoms with Gasteiger partial charge in [0.2, 0.25) is 0 Å². The predicted molar refractivity (Wildman–Crippen MR) is 147 cm³/mol. The Bertz CT molecular complexity index is 896. The van der Waals surface area contributed by atoms with Gasteiger partial charge >= 0.3 is 5.97 Å². The summed E-state index contributed by atoms with van der Waals surface area (Å²) in [6.07, 6.45) is 14.2. The topological polar surface area (TPSA) is 48.1 Å². The molecule has 4 nitrogen and oxygen atoms in total. The lowest BCUT2D eigenvalue weighted by molar-refractivity contribution is 0.0734. The van der Waals surface area contributed by atoms with E-state index < -0.39 is 12.1 Å². The first-order valence-corrected chi connectivity index (χ1v) is 14.5. The monoisotopic (exact) mass is 512 g/mol. The number of rotatable bonds is 19. The van der Waals surface area contributed by atoms with Crippen molar-refractivity contribution in [3.8, 4) is 11.5 Å². The summed E-state index contributed by atoms with van der Waals surface area (Å²) >= 11 is 0. The van der Waals surface area contributed by atoms with Gasteiger partial charge in [-0.25, -0.2) is 9.18 Å². The molecule has 0 bridgehead atoms. The molecular formula is C32H45FO4. The number of hydrogen-bond acceptors (Lipinski definition) is 4. The van der Waals surface area contributed by atoms with E-state index in [2.05, 4.69) is 13.8 Å². The van der Waals surface area contributed by atoms with Crippen LogP contribution >= 0.6 is 0 Å². The average molecular weight is 513 g/mol. The van der Waals surface area contributed by atoms with Crippen LogP contribution in [-0.2, 0) is 4.74 Å². The number of carbonyl (C=O) groups is 1. The van der Waals surface area contributed by atoms with Gasteiger partial charge in [0.1, 0.15) is 17.6 Å². The molecule has 0 spiro atoms. The maximum atomic E-state index is 14.8. The zero-order valence-corrected chi connectivity index (χ0v) is 22.8. The number of halogens is 1. The van der Waals surface area contributed by atoms with Gasteiger partial charge < -0.3 is 14.2 Å². The fourth-order valence-electron chi connectivity index (χ4n) is 4.61. The molecule has 2 aromatic carbocycles. The molecule has 3 rings (SSSR count). The van der Waals surface area contributed by atoms with Crippen molar-refractivity contribution in [2.24, 2.45) is 0 Å². The number of carbonyl (C=O) groups excluding carboxylic acids is 1. The zero-order valence-electron chi connectivity index (χ0n) is 22.8. The van der Waals surface area contributed by atoms with Gasteiger partial charge in [-0.1, -0.05) is 96.6 Å². The number of unbranched alkanes of at least 4 members (excludes halogenated alkanes) is 10. The van der Waals surface area contributed by atoms with Gasteiger partial charge in [0.15, 0.2) is 6.17 Å². The van der Waals surface area contributed by atoms with Crippen molar-refractivity contribution >= 4 is 5.97 Å². The molecule has 2 aromatic rings. The minimum atomic E-state index is -1.17. The molecule has 0 amide bonds. The Morgan fingerprint density at radius 2 is 1.35 bits per heavy atom. The van der Waals surface area contributed by atoms with Crippen LogP contribution in [0.3, 0.4) is 0 Å². The molecule has 0 aromatic heterocycles. The second kappa shape index (κ2) is 16.4. The highest BCUT2D eigenvalue weighted by molar-refractivity contribution is 5.91. The van der Waals surface area contributed by atoms with Gasteiger partial charge in [-0.2, -0.15) is 0 Å². The summed E-state index contributed by atoms with van der Waals surface area (Å²) in [5, 5.41) is 0. The maximum Gasteiger partial charge on any atom is 0.343 e. The van der Waals surface area contributed by atoms with Crippen LogP contribution in [0.15, 0.2) is 48.5 Å². The van der Waals surface area contributed by atoms with E-state index in [1.807, 2.05) is 12.1 Å². The third-order valence-corrected chi connectivity index (χ3v) is 7.02.